The van der Waals surface area contributed by atoms with E-state index in [-0.39, 0.29) is 12.2 Å². The van der Waals surface area contributed by atoms with Gasteiger partial charge in [0.05, 0.1) is 6.61 Å². The first-order chi connectivity index (χ1) is 8.76. The van der Waals surface area contributed by atoms with E-state index >= 15 is 0 Å². The standard InChI is InChI=1S/C11H21NO7/c1-5(2)8(12)11(18)19-7(4-14)10(17)9(16)6(15)3-13/h4-10,13,15-17H,3,12H2,1-2H3/t6-,7+,8+,9-,10-/m1/s1. The van der Waals surface area contributed by atoms with Crippen molar-refractivity contribution in [3.05, 3.63) is 0 Å². The maximum absolute atomic E-state index is 11.5. The quantitative estimate of drug-likeness (QED) is 0.235. The van der Waals surface area contributed by atoms with Gasteiger partial charge in [-0.25, -0.2) is 0 Å². The van der Waals surface area contributed by atoms with E-state index in [1.807, 2.05) is 0 Å². The highest BCUT2D eigenvalue weighted by Gasteiger charge is 2.34. The highest BCUT2D eigenvalue weighted by molar-refractivity contribution is 5.78. The van der Waals surface area contributed by atoms with Gasteiger partial charge in [-0.15, -0.1) is 0 Å². The molecule has 112 valence electrons. The van der Waals surface area contributed by atoms with Crippen LogP contribution in [0.25, 0.3) is 0 Å². The van der Waals surface area contributed by atoms with E-state index in [1.54, 1.807) is 13.8 Å². The molecule has 0 rings (SSSR count). The molecule has 0 amide bonds. The Hall–Kier alpha value is -1.06. The van der Waals surface area contributed by atoms with Crippen molar-refractivity contribution in [2.75, 3.05) is 6.61 Å². The molecule has 0 aromatic carbocycles. The molecule has 0 spiro atoms. The first kappa shape index (κ1) is 17.9. The summed E-state index contributed by atoms with van der Waals surface area (Å²) in [6, 6.07) is -0.977. The van der Waals surface area contributed by atoms with Crippen molar-refractivity contribution in [1.29, 1.82) is 0 Å². The minimum atomic E-state index is -1.86. The molecule has 0 aliphatic heterocycles. The molecule has 19 heavy (non-hydrogen) atoms. The summed E-state index contributed by atoms with van der Waals surface area (Å²) < 4.78 is 4.67. The van der Waals surface area contributed by atoms with Crippen LogP contribution in [-0.2, 0) is 14.3 Å². The maximum atomic E-state index is 11.5. The predicted octanol–water partition coefficient (Wildman–Crippen LogP) is -2.84. The molecule has 0 aromatic rings. The number of ether oxygens (including phenoxy) is 1. The molecular weight excluding hydrogens is 258 g/mol. The Kier molecular flexibility index (Phi) is 7.72. The van der Waals surface area contributed by atoms with Crippen LogP contribution in [0.3, 0.4) is 0 Å². The molecule has 0 aliphatic carbocycles. The number of hydrogen-bond acceptors (Lipinski definition) is 8. The lowest BCUT2D eigenvalue weighted by Crippen LogP contribution is -2.50. The Bertz CT molecular complexity index is 297. The summed E-state index contributed by atoms with van der Waals surface area (Å²) >= 11 is 0. The highest BCUT2D eigenvalue weighted by atomic mass is 16.6. The van der Waals surface area contributed by atoms with E-state index in [1.165, 1.54) is 0 Å². The Balaban J connectivity index is 4.66. The number of carbonyl (C=O) groups excluding carboxylic acids is 2. The van der Waals surface area contributed by atoms with Gasteiger partial charge in [-0.05, 0) is 5.92 Å². The van der Waals surface area contributed by atoms with Gasteiger partial charge >= 0.3 is 5.97 Å². The number of aliphatic hydroxyl groups excluding tert-OH is 4. The average Bonchev–Trinajstić information content (AvgIpc) is 2.40. The van der Waals surface area contributed by atoms with Crippen molar-refractivity contribution in [2.24, 2.45) is 11.7 Å². The summed E-state index contributed by atoms with van der Waals surface area (Å²) in [6.07, 6.45) is -6.90. The lowest BCUT2D eigenvalue weighted by atomic mass is 10.0. The second kappa shape index (κ2) is 8.18. The van der Waals surface area contributed by atoms with Crippen molar-refractivity contribution in [3.8, 4) is 0 Å². The molecule has 0 radical (unpaired) electrons. The van der Waals surface area contributed by atoms with Gasteiger partial charge in [0.15, 0.2) is 12.4 Å². The Morgan fingerprint density at radius 2 is 1.79 bits per heavy atom. The molecule has 0 aromatic heterocycles. The van der Waals surface area contributed by atoms with E-state index in [4.69, 9.17) is 15.9 Å². The normalized spacial score (nSPS) is 19.4. The molecule has 0 saturated heterocycles. The highest BCUT2D eigenvalue weighted by Crippen LogP contribution is 2.09. The molecule has 8 heteroatoms. The third kappa shape index (κ3) is 5.21. The number of aliphatic hydroxyl groups is 4. The van der Waals surface area contributed by atoms with Crippen molar-refractivity contribution in [3.63, 3.8) is 0 Å². The summed E-state index contributed by atoms with van der Waals surface area (Å²) in [4.78, 5) is 22.3. The van der Waals surface area contributed by atoms with Crippen LogP contribution in [0.4, 0.5) is 0 Å². The average molecular weight is 279 g/mol. The molecule has 0 saturated carbocycles. The minimum absolute atomic E-state index is 0.114. The largest absolute Gasteiger partial charge is 0.451 e. The van der Waals surface area contributed by atoms with Gasteiger partial charge in [0.1, 0.15) is 24.4 Å². The smallest absolute Gasteiger partial charge is 0.323 e. The third-order valence-corrected chi connectivity index (χ3v) is 2.64. The number of aldehydes is 1. The van der Waals surface area contributed by atoms with Crippen LogP contribution in [0.5, 0.6) is 0 Å². The van der Waals surface area contributed by atoms with Gasteiger partial charge in [0.25, 0.3) is 0 Å². The lowest BCUT2D eigenvalue weighted by molar-refractivity contribution is -0.170. The molecular formula is C11H21NO7. The summed E-state index contributed by atoms with van der Waals surface area (Å²) in [5.41, 5.74) is 5.50. The van der Waals surface area contributed by atoms with E-state index in [2.05, 4.69) is 4.74 Å². The van der Waals surface area contributed by atoms with Crippen LogP contribution in [0.2, 0.25) is 0 Å². The second-order valence-electron chi connectivity index (χ2n) is 4.54. The monoisotopic (exact) mass is 279 g/mol. The fraction of sp³-hybridized carbons (Fsp3) is 0.818. The van der Waals surface area contributed by atoms with Crippen LogP contribution in [0.15, 0.2) is 0 Å². The lowest BCUT2D eigenvalue weighted by Gasteiger charge is -2.26. The summed E-state index contributed by atoms with van der Waals surface area (Å²) in [5.74, 6) is -1.14. The van der Waals surface area contributed by atoms with Crippen molar-refractivity contribution < 1.29 is 34.8 Å². The topological polar surface area (TPSA) is 150 Å². The number of esters is 1. The molecule has 6 N–H and O–H groups in total. The van der Waals surface area contributed by atoms with Crippen LogP contribution in [0.1, 0.15) is 13.8 Å². The summed E-state index contributed by atoms with van der Waals surface area (Å²) in [7, 11) is 0. The molecule has 0 bridgehead atoms. The number of rotatable bonds is 8. The van der Waals surface area contributed by atoms with Crippen molar-refractivity contribution in [1.82, 2.24) is 0 Å². The van der Waals surface area contributed by atoms with Gasteiger partial charge in [0, 0.05) is 0 Å². The van der Waals surface area contributed by atoms with Crippen molar-refractivity contribution >= 4 is 12.3 Å². The minimum Gasteiger partial charge on any atom is -0.451 e. The maximum Gasteiger partial charge on any atom is 0.323 e. The van der Waals surface area contributed by atoms with Crippen LogP contribution in [-0.4, -0.2) is 69.7 Å². The SMILES string of the molecule is CC(C)[C@H](N)C(=O)O[C@@H](C=O)[C@@H](O)[C@H](O)[C@H](O)CO. The zero-order valence-corrected chi connectivity index (χ0v) is 10.8. The predicted molar refractivity (Wildman–Crippen MR) is 63.9 cm³/mol. The van der Waals surface area contributed by atoms with Gasteiger partial charge < -0.3 is 30.9 Å². The zero-order valence-electron chi connectivity index (χ0n) is 10.8. The molecule has 5 atom stereocenters. The zero-order chi connectivity index (χ0) is 15.2. The third-order valence-electron chi connectivity index (χ3n) is 2.64. The second-order valence-corrected chi connectivity index (χ2v) is 4.54. The molecule has 0 aliphatic rings. The summed E-state index contributed by atoms with van der Waals surface area (Å²) in [5, 5.41) is 36.7. The van der Waals surface area contributed by atoms with E-state index < -0.39 is 43.0 Å². The fourth-order valence-corrected chi connectivity index (χ4v) is 1.19. The molecule has 0 heterocycles. The fourth-order valence-electron chi connectivity index (χ4n) is 1.19. The van der Waals surface area contributed by atoms with E-state index in [9.17, 15) is 19.8 Å². The first-order valence-corrected chi connectivity index (χ1v) is 5.82. The Morgan fingerprint density at radius 1 is 1.26 bits per heavy atom. The van der Waals surface area contributed by atoms with Crippen LogP contribution < -0.4 is 5.73 Å². The Morgan fingerprint density at radius 3 is 2.16 bits per heavy atom. The Labute approximate surface area is 110 Å². The number of carbonyl (C=O) groups is 2. The van der Waals surface area contributed by atoms with Gasteiger partial charge in [-0.2, -0.15) is 0 Å². The van der Waals surface area contributed by atoms with E-state index in [0.29, 0.717) is 0 Å². The molecule has 0 unspecified atom stereocenters. The van der Waals surface area contributed by atoms with Crippen LogP contribution in [0, 0.1) is 5.92 Å². The van der Waals surface area contributed by atoms with Gasteiger partial charge in [0.2, 0.25) is 0 Å². The summed E-state index contributed by atoms with van der Waals surface area (Å²) in [6.45, 7) is 2.52. The molecule has 0 fully saturated rings. The van der Waals surface area contributed by atoms with Gasteiger partial charge in [-0.3, -0.25) is 9.59 Å². The van der Waals surface area contributed by atoms with Crippen LogP contribution >= 0.6 is 0 Å². The van der Waals surface area contributed by atoms with E-state index in [0.717, 1.165) is 0 Å². The van der Waals surface area contributed by atoms with Gasteiger partial charge in [-0.1, -0.05) is 13.8 Å². The number of nitrogens with two attached hydrogens (primary N) is 1. The molecule has 8 nitrogen and oxygen atoms in total. The first-order valence-electron chi connectivity index (χ1n) is 5.82. The number of hydrogen-bond donors (Lipinski definition) is 5. The van der Waals surface area contributed by atoms with Crippen molar-refractivity contribution in [2.45, 2.75) is 44.3 Å².